The summed E-state index contributed by atoms with van der Waals surface area (Å²) >= 11 is 0. The number of hydrogen-bond donors (Lipinski definition) is 1. The van der Waals surface area contributed by atoms with E-state index in [1.54, 1.807) is 11.9 Å². The van der Waals surface area contributed by atoms with Crippen LogP contribution in [0.2, 0.25) is 0 Å². The molecule has 2 atom stereocenters. The van der Waals surface area contributed by atoms with Gasteiger partial charge in [0, 0.05) is 24.5 Å². The molecule has 3 amide bonds. The molecule has 0 bridgehead atoms. The number of morpholine rings is 1. The molecule has 1 aromatic rings. The number of carbonyl (C=O) groups is 3. The number of fused-ring (bicyclic) bond motifs is 1. The first-order valence-electron chi connectivity index (χ1n) is 10.8. The molecular formula is C22H30N4O4. The van der Waals surface area contributed by atoms with Crippen LogP contribution in [0, 0.1) is 11.8 Å². The third-order valence-corrected chi connectivity index (χ3v) is 6.26. The van der Waals surface area contributed by atoms with Gasteiger partial charge < -0.3 is 15.0 Å². The zero-order valence-corrected chi connectivity index (χ0v) is 17.5. The molecule has 8 nitrogen and oxygen atoms in total. The monoisotopic (exact) mass is 414 g/mol. The van der Waals surface area contributed by atoms with E-state index in [4.69, 9.17) is 4.74 Å². The van der Waals surface area contributed by atoms with Crippen molar-refractivity contribution in [2.45, 2.75) is 25.7 Å². The van der Waals surface area contributed by atoms with Crippen LogP contribution in [0.4, 0.5) is 11.4 Å². The van der Waals surface area contributed by atoms with Crippen LogP contribution in [0.5, 0.6) is 0 Å². The number of benzene rings is 1. The van der Waals surface area contributed by atoms with Gasteiger partial charge in [-0.25, -0.2) is 0 Å². The maximum absolute atomic E-state index is 12.6. The molecule has 162 valence electrons. The van der Waals surface area contributed by atoms with E-state index in [1.165, 1.54) is 4.90 Å². The number of likely N-dealkylation sites (tertiary alicyclic amines) is 1. The molecule has 3 aliphatic rings. The zero-order valence-electron chi connectivity index (χ0n) is 17.5. The summed E-state index contributed by atoms with van der Waals surface area (Å²) in [5, 5.41) is 2.89. The van der Waals surface area contributed by atoms with Gasteiger partial charge in [-0.15, -0.1) is 0 Å². The van der Waals surface area contributed by atoms with E-state index in [0.29, 0.717) is 0 Å². The van der Waals surface area contributed by atoms with Gasteiger partial charge in [0.15, 0.2) is 0 Å². The standard InChI is InChI=1S/C22H30N4O4/c1-24(15-26-21(28)18-4-2-3-5-19(18)22(26)29)14-20(27)23-16-6-8-17(9-7-16)25-10-12-30-13-11-25/h6-9,18-19H,2-5,10-15H2,1H3,(H,23,27)/t18-,19+. The maximum atomic E-state index is 12.6. The number of hydrogen-bond acceptors (Lipinski definition) is 6. The first-order chi connectivity index (χ1) is 14.5. The SMILES string of the molecule is CN(CC(=O)Nc1ccc(N2CCOCC2)cc1)CN1C(=O)[C@H]2CCCC[C@H]2C1=O. The van der Waals surface area contributed by atoms with Crippen LogP contribution < -0.4 is 10.2 Å². The number of ether oxygens (including phenoxy) is 1. The molecule has 0 spiro atoms. The smallest absolute Gasteiger partial charge is 0.238 e. The number of nitrogens with one attached hydrogen (secondary N) is 1. The Kier molecular flexibility index (Phi) is 6.34. The second-order valence-corrected chi connectivity index (χ2v) is 8.45. The second kappa shape index (κ2) is 9.14. The third kappa shape index (κ3) is 4.49. The van der Waals surface area contributed by atoms with Gasteiger partial charge in [-0.1, -0.05) is 12.8 Å². The number of imide groups is 1. The van der Waals surface area contributed by atoms with Crippen LogP contribution in [-0.2, 0) is 19.1 Å². The quantitative estimate of drug-likeness (QED) is 0.711. The van der Waals surface area contributed by atoms with Gasteiger partial charge in [-0.2, -0.15) is 0 Å². The van der Waals surface area contributed by atoms with Crippen LogP contribution in [-0.4, -0.2) is 74.1 Å². The number of carbonyl (C=O) groups excluding carboxylic acids is 3. The summed E-state index contributed by atoms with van der Waals surface area (Å²) in [5.41, 5.74) is 1.84. The zero-order chi connectivity index (χ0) is 21.1. The lowest BCUT2D eigenvalue weighted by molar-refractivity contribution is -0.142. The van der Waals surface area contributed by atoms with E-state index in [9.17, 15) is 14.4 Å². The van der Waals surface area contributed by atoms with Crippen molar-refractivity contribution in [3.8, 4) is 0 Å². The van der Waals surface area contributed by atoms with Gasteiger partial charge in [0.05, 0.1) is 38.3 Å². The van der Waals surface area contributed by atoms with E-state index in [2.05, 4.69) is 10.2 Å². The van der Waals surface area contributed by atoms with Gasteiger partial charge >= 0.3 is 0 Å². The summed E-state index contributed by atoms with van der Waals surface area (Å²) in [6, 6.07) is 7.77. The van der Waals surface area contributed by atoms with Gasteiger partial charge in [-0.05, 0) is 44.2 Å². The first-order valence-corrected chi connectivity index (χ1v) is 10.8. The average molecular weight is 415 g/mol. The predicted octanol–water partition coefficient (Wildman–Crippen LogP) is 1.53. The van der Waals surface area contributed by atoms with Crippen molar-refractivity contribution in [3.05, 3.63) is 24.3 Å². The molecule has 30 heavy (non-hydrogen) atoms. The molecule has 0 unspecified atom stereocenters. The Morgan fingerprint density at radius 3 is 2.27 bits per heavy atom. The van der Waals surface area contributed by atoms with Crippen molar-refractivity contribution >= 4 is 29.1 Å². The van der Waals surface area contributed by atoms with Gasteiger partial charge in [-0.3, -0.25) is 24.2 Å². The summed E-state index contributed by atoms with van der Waals surface area (Å²) < 4.78 is 5.37. The third-order valence-electron chi connectivity index (χ3n) is 6.26. The van der Waals surface area contributed by atoms with Crippen molar-refractivity contribution in [3.63, 3.8) is 0 Å². The lowest BCUT2D eigenvalue weighted by Gasteiger charge is -2.29. The molecule has 1 saturated carbocycles. The van der Waals surface area contributed by atoms with E-state index in [0.717, 1.165) is 63.4 Å². The Morgan fingerprint density at radius 1 is 1.07 bits per heavy atom. The van der Waals surface area contributed by atoms with Crippen LogP contribution in [0.3, 0.4) is 0 Å². The average Bonchev–Trinajstić information content (AvgIpc) is 3.00. The Hall–Kier alpha value is -2.45. The second-order valence-electron chi connectivity index (χ2n) is 8.45. The molecule has 2 heterocycles. The lowest BCUT2D eigenvalue weighted by Crippen LogP contribution is -2.42. The molecule has 2 aliphatic heterocycles. The fraction of sp³-hybridized carbons (Fsp3) is 0.591. The molecule has 0 aromatic heterocycles. The fourth-order valence-corrected chi connectivity index (χ4v) is 4.68. The normalized spacial score (nSPS) is 24.3. The van der Waals surface area contributed by atoms with Gasteiger partial charge in [0.25, 0.3) is 0 Å². The topological polar surface area (TPSA) is 82.2 Å². The summed E-state index contributed by atoms with van der Waals surface area (Å²) in [7, 11) is 1.75. The van der Waals surface area contributed by atoms with E-state index in [-0.39, 0.29) is 42.8 Å². The molecule has 0 radical (unpaired) electrons. The van der Waals surface area contributed by atoms with E-state index in [1.807, 2.05) is 24.3 Å². The van der Waals surface area contributed by atoms with Crippen LogP contribution >= 0.6 is 0 Å². The van der Waals surface area contributed by atoms with Gasteiger partial charge in [0.1, 0.15) is 0 Å². The van der Waals surface area contributed by atoms with Crippen LogP contribution in [0.25, 0.3) is 0 Å². The minimum absolute atomic E-state index is 0.0735. The lowest BCUT2D eigenvalue weighted by atomic mass is 9.81. The summed E-state index contributed by atoms with van der Waals surface area (Å²) in [6.07, 6.45) is 3.62. The highest BCUT2D eigenvalue weighted by atomic mass is 16.5. The highest BCUT2D eigenvalue weighted by Gasteiger charge is 2.48. The number of likely N-dealkylation sites (N-methyl/N-ethyl adjacent to an activating group) is 1. The summed E-state index contributed by atoms with van der Waals surface area (Å²) in [4.78, 5) is 42.9. The molecule has 1 N–H and O–H groups in total. The first kappa shape index (κ1) is 20.8. The maximum Gasteiger partial charge on any atom is 0.238 e. The minimum atomic E-state index is -0.173. The van der Waals surface area contributed by atoms with Crippen molar-refractivity contribution < 1.29 is 19.1 Å². The van der Waals surface area contributed by atoms with E-state index < -0.39 is 0 Å². The van der Waals surface area contributed by atoms with E-state index >= 15 is 0 Å². The van der Waals surface area contributed by atoms with Crippen molar-refractivity contribution in [2.75, 3.05) is 56.8 Å². The van der Waals surface area contributed by atoms with Crippen LogP contribution in [0.1, 0.15) is 25.7 Å². The largest absolute Gasteiger partial charge is 0.378 e. The minimum Gasteiger partial charge on any atom is -0.378 e. The number of nitrogens with zero attached hydrogens (tertiary/aromatic N) is 3. The number of rotatable bonds is 6. The molecule has 8 heteroatoms. The number of amides is 3. The Bertz CT molecular complexity index is 767. The molecule has 3 fully saturated rings. The molecule has 1 aliphatic carbocycles. The van der Waals surface area contributed by atoms with Gasteiger partial charge in [0.2, 0.25) is 17.7 Å². The van der Waals surface area contributed by atoms with Crippen molar-refractivity contribution in [2.24, 2.45) is 11.8 Å². The molecule has 1 aromatic carbocycles. The van der Waals surface area contributed by atoms with Crippen molar-refractivity contribution in [1.29, 1.82) is 0 Å². The Morgan fingerprint density at radius 2 is 1.67 bits per heavy atom. The Labute approximate surface area is 177 Å². The summed E-state index contributed by atoms with van der Waals surface area (Å²) in [6.45, 7) is 3.46. The molecule has 4 rings (SSSR count). The number of anilines is 2. The summed E-state index contributed by atoms with van der Waals surface area (Å²) in [5.74, 6) is -0.628. The predicted molar refractivity (Wildman–Crippen MR) is 113 cm³/mol. The fourth-order valence-electron chi connectivity index (χ4n) is 4.68. The molecule has 2 saturated heterocycles. The highest BCUT2D eigenvalue weighted by molar-refractivity contribution is 6.05. The molecular weight excluding hydrogens is 384 g/mol. The van der Waals surface area contributed by atoms with Crippen molar-refractivity contribution in [1.82, 2.24) is 9.80 Å². The Balaban J connectivity index is 1.27. The van der Waals surface area contributed by atoms with Crippen LogP contribution in [0.15, 0.2) is 24.3 Å². The highest BCUT2D eigenvalue weighted by Crippen LogP contribution is 2.37.